The molecule has 0 amide bonds. The summed E-state index contributed by atoms with van der Waals surface area (Å²) in [5.41, 5.74) is 7.13. The van der Waals surface area contributed by atoms with Crippen molar-refractivity contribution in [2.75, 3.05) is 0 Å². The van der Waals surface area contributed by atoms with Crippen LogP contribution in [0.25, 0.3) is 0 Å². The first-order chi connectivity index (χ1) is 7.13. The highest BCUT2D eigenvalue weighted by molar-refractivity contribution is 5.32. The molecule has 0 fully saturated rings. The third kappa shape index (κ3) is 3.35. The molecule has 0 aromatic heterocycles. The van der Waals surface area contributed by atoms with Gasteiger partial charge in [-0.25, -0.2) is 0 Å². The lowest BCUT2D eigenvalue weighted by molar-refractivity contribution is 0.435. The number of aryl methyl sites for hydroxylation is 1. The van der Waals surface area contributed by atoms with Crippen LogP contribution in [-0.4, -0.2) is 0 Å². The standard InChI is InChI=1S/C13H15NO/c1-4-5-13(11(3)14)15-12-8-6-10(2)7-9-12/h4-9H,1,3,14H2,2H3/b13-5+. The van der Waals surface area contributed by atoms with Gasteiger partial charge in [-0.3, -0.25) is 0 Å². The summed E-state index contributed by atoms with van der Waals surface area (Å²) in [4.78, 5) is 0. The van der Waals surface area contributed by atoms with E-state index in [1.54, 1.807) is 12.2 Å². The van der Waals surface area contributed by atoms with Crippen molar-refractivity contribution in [2.24, 2.45) is 5.73 Å². The molecule has 1 aromatic carbocycles. The summed E-state index contributed by atoms with van der Waals surface area (Å²) in [5.74, 6) is 1.26. The summed E-state index contributed by atoms with van der Waals surface area (Å²) < 4.78 is 5.54. The normalized spacial score (nSPS) is 10.9. The Morgan fingerprint density at radius 3 is 2.40 bits per heavy atom. The van der Waals surface area contributed by atoms with Gasteiger partial charge in [0.15, 0.2) is 0 Å². The van der Waals surface area contributed by atoms with Crippen molar-refractivity contribution in [3.05, 3.63) is 66.6 Å². The quantitative estimate of drug-likeness (QED) is 0.600. The molecule has 0 spiro atoms. The molecule has 2 heteroatoms. The van der Waals surface area contributed by atoms with Crippen molar-refractivity contribution in [3.8, 4) is 5.75 Å². The Morgan fingerprint density at radius 2 is 1.93 bits per heavy atom. The number of allylic oxidation sites excluding steroid dienone is 2. The van der Waals surface area contributed by atoms with E-state index >= 15 is 0 Å². The van der Waals surface area contributed by atoms with Gasteiger partial charge >= 0.3 is 0 Å². The van der Waals surface area contributed by atoms with Crippen LogP contribution in [-0.2, 0) is 0 Å². The molecule has 15 heavy (non-hydrogen) atoms. The van der Waals surface area contributed by atoms with Gasteiger partial charge in [-0.05, 0) is 25.1 Å². The first-order valence-corrected chi connectivity index (χ1v) is 4.65. The smallest absolute Gasteiger partial charge is 0.149 e. The zero-order chi connectivity index (χ0) is 11.3. The van der Waals surface area contributed by atoms with Crippen LogP contribution in [0, 0.1) is 6.92 Å². The van der Waals surface area contributed by atoms with E-state index in [1.807, 2.05) is 31.2 Å². The van der Waals surface area contributed by atoms with E-state index in [2.05, 4.69) is 13.2 Å². The molecule has 0 saturated carbocycles. The lowest BCUT2D eigenvalue weighted by atomic mass is 10.2. The number of ether oxygens (including phenoxy) is 1. The van der Waals surface area contributed by atoms with E-state index in [-0.39, 0.29) is 0 Å². The molecule has 1 aromatic rings. The van der Waals surface area contributed by atoms with E-state index < -0.39 is 0 Å². The van der Waals surface area contributed by atoms with E-state index in [1.165, 1.54) is 5.56 Å². The van der Waals surface area contributed by atoms with Crippen LogP contribution in [0.4, 0.5) is 0 Å². The van der Waals surface area contributed by atoms with E-state index in [0.717, 1.165) is 5.75 Å². The first kappa shape index (κ1) is 11.1. The van der Waals surface area contributed by atoms with E-state index in [4.69, 9.17) is 10.5 Å². The Labute approximate surface area is 90.4 Å². The fraction of sp³-hybridized carbons (Fsp3) is 0.0769. The van der Waals surface area contributed by atoms with Crippen LogP contribution in [0.1, 0.15) is 5.56 Å². The summed E-state index contributed by atoms with van der Waals surface area (Å²) in [5, 5.41) is 0. The van der Waals surface area contributed by atoms with Crippen LogP contribution in [0.5, 0.6) is 5.75 Å². The minimum Gasteiger partial charge on any atom is -0.455 e. The van der Waals surface area contributed by atoms with Crippen LogP contribution in [0.2, 0.25) is 0 Å². The van der Waals surface area contributed by atoms with Crippen molar-refractivity contribution < 1.29 is 4.74 Å². The molecule has 0 aliphatic heterocycles. The molecule has 0 unspecified atom stereocenters. The maximum atomic E-state index is 5.56. The fourth-order valence-corrected chi connectivity index (χ4v) is 1.05. The minimum absolute atomic E-state index is 0.385. The van der Waals surface area contributed by atoms with Crippen molar-refractivity contribution in [1.29, 1.82) is 0 Å². The van der Waals surface area contributed by atoms with Gasteiger partial charge in [0.2, 0.25) is 0 Å². The summed E-state index contributed by atoms with van der Waals surface area (Å²) >= 11 is 0. The maximum absolute atomic E-state index is 5.56. The lowest BCUT2D eigenvalue weighted by Gasteiger charge is -2.09. The van der Waals surface area contributed by atoms with Crippen molar-refractivity contribution in [2.45, 2.75) is 6.92 Å². The second-order valence-corrected chi connectivity index (χ2v) is 3.21. The van der Waals surface area contributed by atoms with E-state index in [9.17, 15) is 0 Å². The Morgan fingerprint density at radius 1 is 1.33 bits per heavy atom. The summed E-state index contributed by atoms with van der Waals surface area (Å²) in [6, 6.07) is 7.71. The molecule has 0 bridgehead atoms. The summed E-state index contributed by atoms with van der Waals surface area (Å²) in [7, 11) is 0. The van der Waals surface area contributed by atoms with Gasteiger partial charge in [-0.15, -0.1) is 0 Å². The lowest BCUT2D eigenvalue weighted by Crippen LogP contribution is -2.05. The van der Waals surface area contributed by atoms with Crippen LogP contribution in [0.3, 0.4) is 0 Å². The molecule has 78 valence electrons. The van der Waals surface area contributed by atoms with Gasteiger partial charge in [0, 0.05) is 0 Å². The average Bonchev–Trinajstić information content (AvgIpc) is 2.20. The van der Waals surface area contributed by atoms with Gasteiger partial charge in [0.1, 0.15) is 11.5 Å². The second-order valence-electron chi connectivity index (χ2n) is 3.21. The Kier molecular flexibility index (Phi) is 3.75. The second kappa shape index (κ2) is 5.05. The summed E-state index contributed by atoms with van der Waals surface area (Å²) in [6.45, 7) is 9.23. The molecule has 2 nitrogen and oxygen atoms in total. The van der Waals surface area contributed by atoms with Crippen molar-refractivity contribution >= 4 is 0 Å². The molecule has 0 saturated heterocycles. The van der Waals surface area contributed by atoms with Crippen LogP contribution < -0.4 is 10.5 Å². The highest BCUT2D eigenvalue weighted by Gasteiger charge is 2.00. The Bertz CT molecular complexity index is 388. The number of hydrogen-bond acceptors (Lipinski definition) is 2. The number of rotatable bonds is 4. The summed E-state index contributed by atoms with van der Waals surface area (Å²) in [6.07, 6.45) is 3.30. The number of nitrogens with two attached hydrogens (primary N) is 1. The fourth-order valence-electron chi connectivity index (χ4n) is 1.05. The van der Waals surface area contributed by atoms with Crippen LogP contribution >= 0.6 is 0 Å². The zero-order valence-electron chi connectivity index (χ0n) is 8.86. The molecular formula is C13H15NO. The van der Waals surface area contributed by atoms with Gasteiger partial charge < -0.3 is 10.5 Å². The van der Waals surface area contributed by atoms with Crippen molar-refractivity contribution in [1.82, 2.24) is 0 Å². The third-order valence-corrected chi connectivity index (χ3v) is 1.83. The molecule has 0 aliphatic carbocycles. The largest absolute Gasteiger partial charge is 0.455 e. The number of benzene rings is 1. The van der Waals surface area contributed by atoms with Crippen molar-refractivity contribution in [3.63, 3.8) is 0 Å². The Hall–Kier alpha value is -1.96. The zero-order valence-corrected chi connectivity index (χ0v) is 8.86. The molecule has 0 aliphatic rings. The SMILES string of the molecule is C=C/C=C(/Oc1ccc(C)cc1)C(=C)N. The highest BCUT2D eigenvalue weighted by atomic mass is 16.5. The maximum Gasteiger partial charge on any atom is 0.149 e. The van der Waals surface area contributed by atoms with E-state index in [0.29, 0.717) is 11.5 Å². The minimum atomic E-state index is 0.385. The van der Waals surface area contributed by atoms with Gasteiger partial charge in [-0.1, -0.05) is 36.9 Å². The first-order valence-electron chi connectivity index (χ1n) is 4.65. The van der Waals surface area contributed by atoms with Crippen LogP contribution in [0.15, 0.2) is 61.0 Å². The molecule has 0 heterocycles. The molecule has 0 radical (unpaired) electrons. The van der Waals surface area contributed by atoms with Gasteiger partial charge in [-0.2, -0.15) is 0 Å². The number of hydrogen-bond donors (Lipinski definition) is 1. The molecular weight excluding hydrogens is 186 g/mol. The predicted molar refractivity (Wildman–Crippen MR) is 63.4 cm³/mol. The topological polar surface area (TPSA) is 35.2 Å². The molecule has 2 N–H and O–H groups in total. The highest BCUT2D eigenvalue weighted by Crippen LogP contribution is 2.16. The third-order valence-electron chi connectivity index (χ3n) is 1.83. The molecule has 1 rings (SSSR count). The Balaban J connectivity index is 2.83. The van der Waals surface area contributed by atoms with Gasteiger partial charge in [0.05, 0.1) is 5.70 Å². The monoisotopic (exact) mass is 201 g/mol. The predicted octanol–water partition coefficient (Wildman–Crippen LogP) is 2.92. The molecule has 0 atom stereocenters. The van der Waals surface area contributed by atoms with Gasteiger partial charge in [0.25, 0.3) is 0 Å². The average molecular weight is 201 g/mol.